The summed E-state index contributed by atoms with van der Waals surface area (Å²) in [5, 5.41) is 21.4. The van der Waals surface area contributed by atoms with E-state index in [2.05, 4.69) is 35.1 Å². The number of aliphatic hydroxyl groups excluding tert-OH is 2. The predicted molar refractivity (Wildman–Crippen MR) is 79.3 cm³/mol. The molecule has 5 heteroatoms. The van der Waals surface area contributed by atoms with Crippen LogP contribution in [0, 0.1) is 5.92 Å². The Morgan fingerprint density at radius 2 is 2.11 bits per heavy atom. The van der Waals surface area contributed by atoms with Gasteiger partial charge in [0.2, 0.25) is 0 Å². The molecule has 4 nitrogen and oxygen atoms in total. The van der Waals surface area contributed by atoms with E-state index in [4.69, 9.17) is 9.84 Å². The van der Waals surface area contributed by atoms with E-state index in [0.29, 0.717) is 11.7 Å². The summed E-state index contributed by atoms with van der Waals surface area (Å²) in [5.41, 5.74) is 1.11. The normalized spacial score (nSPS) is 12.7. The highest BCUT2D eigenvalue weighted by Crippen LogP contribution is 2.22. The Morgan fingerprint density at radius 3 is 2.74 bits per heavy atom. The van der Waals surface area contributed by atoms with Crippen molar-refractivity contribution in [2.45, 2.75) is 26.5 Å². The van der Waals surface area contributed by atoms with Crippen LogP contribution in [-0.4, -0.2) is 36.1 Å². The van der Waals surface area contributed by atoms with Gasteiger partial charge in [-0.1, -0.05) is 29.8 Å². The third-order valence-electron chi connectivity index (χ3n) is 2.54. The van der Waals surface area contributed by atoms with Crippen molar-refractivity contribution in [2.75, 3.05) is 19.8 Å². The Bertz CT molecular complexity index is 385. The molecule has 0 fully saturated rings. The summed E-state index contributed by atoms with van der Waals surface area (Å²) in [6.07, 6.45) is -0.842. The zero-order valence-corrected chi connectivity index (χ0v) is 13.0. The van der Waals surface area contributed by atoms with E-state index >= 15 is 0 Å². The lowest BCUT2D eigenvalue weighted by molar-refractivity contribution is 0.0536. The standard InChI is InChI=1S/C14H22BrNO3/c1-10(2)6-16-7-11-5-13(3-4-14(11)15)19-9-12(18)8-17/h3-5,10,12,16-18H,6-9H2,1-2H3. The SMILES string of the molecule is CC(C)CNCc1cc(OCC(O)CO)ccc1Br. The molecule has 1 rings (SSSR count). The van der Waals surface area contributed by atoms with E-state index in [9.17, 15) is 5.11 Å². The highest BCUT2D eigenvalue weighted by atomic mass is 79.9. The van der Waals surface area contributed by atoms with Crippen molar-refractivity contribution in [1.29, 1.82) is 0 Å². The highest BCUT2D eigenvalue weighted by molar-refractivity contribution is 9.10. The van der Waals surface area contributed by atoms with Gasteiger partial charge in [0.15, 0.2) is 0 Å². The number of nitrogens with one attached hydrogen (secondary N) is 1. The molecule has 0 bridgehead atoms. The number of hydrogen-bond donors (Lipinski definition) is 3. The van der Waals surface area contributed by atoms with Crippen LogP contribution >= 0.6 is 15.9 Å². The number of ether oxygens (including phenoxy) is 1. The van der Waals surface area contributed by atoms with Gasteiger partial charge in [-0.05, 0) is 36.2 Å². The monoisotopic (exact) mass is 331 g/mol. The van der Waals surface area contributed by atoms with Gasteiger partial charge in [-0.3, -0.25) is 0 Å². The second kappa shape index (κ2) is 8.53. The Labute approximate surface area is 122 Å². The maximum Gasteiger partial charge on any atom is 0.119 e. The average Bonchev–Trinajstić information content (AvgIpc) is 2.38. The smallest absolute Gasteiger partial charge is 0.119 e. The van der Waals surface area contributed by atoms with E-state index in [0.717, 1.165) is 23.1 Å². The van der Waals surface area contributed by atoms with Crippen molar-refractivity contribution in [3.8, 4) is 5.75 Å². The van der Waals surface area contributed by atoms with Crippen molar-refractivity contribution in [3.63, 3.8) is 0 Å². The zero-order chi connectivity index (χ0) is 14.3. The Hall–Kier alpha value is -0.620. The molecule has 1 aromatic carbocycles. The number of hydrogen-bond acceptors (Lipinski definition) is 4. The van der Waals surface area contributed by atoms with Crippen molar-refractivity contribution >= 4 is 15.9 Å². The largest absolute Gasteiger partial charge is 0.491 e. The molecule has 0 aliphatic rings. The molecule has 0 saturated carbocycles. The average molecular weight is 332 g/mol. The summed E-state index contributed by atoms with van der Waals surface area (Å²) >= 11 is 3.51. The molecule has 19 heavy (non-hydrogen) atoms. The van der Waals surface area contributed by atoms with Crippen LogP contribution < -0.4 is 10.1 Å². The van der Waals surface area contributed by atoms with Crippen LogP contribution in [0.5, 0.6) is 5.75 Å². The van der Waals surface area contributed by atoms with Crippen LogP contribution in [0.2, 0.25) is 0 Å². The maximum atomic E-state index is 9.25. The van der Waals surface area contributed by atoms with Gasteiger partial charge in [-0.15, -0.1) is 0 Å². The molecule has 1 unspecified atom stereocenters. The maximum absolute atomic E-state index is 9.25. The van der Waals surface area contributed by atoms with Gasteiger partial charge in [0.1, 0.15) is 18.5 Å². The first-order chi connectivity index (χ1) is 9.02. The molecule has 0 aliphatic heterocycles. The first-order valence-electron chi connectivity index (χ1n) is 6.43. The number of halogens is 1. The third kappa shape index (κ3) is 6.38. The van der Waals surface area contributed by atoms with E-state index < -0.39 is 6.10 Å². The predicted octanol–water partition coefficient (Wildman–Crippen LogP) is 1.93. The molecule has 3 N–H and O–H groups in total. The Morgan fingerprint density at radius 1 is 1.37 bits per heavy atom. The van der Waals surface area contributed by atoms with Gasteiger partial charge in [0, 0.05) is 11.0 Å². The zero-order valence-electron chi connectivity index (χ0n) is 11.4. The van der Waals surface area contributed by atoms with Crippen molar-refractivity contribution in [2.24, 2.45) is 5.92 Å². The first-order valence-corrected chi connectivity index (χ1v) is 7.23. The molecule has 0 aromatic heterocycles. The number of rotatable bonds is 8. The van der Waals surface area contributed by atoms with Crippen molar-refractivity contribution < 1.29 is 14.9 Å². The van der Waals surface area contributed by atoms with Gasteiger partial charge >= 0.3 is 0 Å². The molecule has 108 valence electrons. The molecular weight excluding hydrogens is 310 g/mol. The van der Waals surface area contributed by atoms with Gasteiger partial charge in [-0.2, -0.15) is 0 Å². The fraction of sp³-hybridized carbons (Fsp3) is 0.571. The first kappa shape index (κ1) is 16.4. The molecule has 0 heterocycles. The minimum Gasteiger partial charge on any atom is -0.491 e. The van der Waals surface area contributed by atoms with Gasteiger partial charge in [0.25, 0.3) is 0 Å². The molecule has 0 aliphatic carbocycles. The molecular formula is C14H22BrNO3. The van der Waals surface area contributed by atoms with E-state index in [1.54, 1.807) is 0 Å². The number of benzene rings is 1. The second-order valence-electron chi connectivity index (χ2n) is 4.93. The lowest BCUT2D eigenvalue weighted by Gasteiger charge is -2.13. The van der Waals surface area contributed by atoms with Crippen LogP contribution in [-0.2, 0) is 6.54 Å². The Kier molecular flexibility index (Phi) is 7.38. The highest BCUT2D eigenvalue weighted by Gasteiger charge is 2.06. The Balaban J connectivity index is 2.55. The summed E-state index contributed by atoms with van der Waals surface area (Å²) < 4.78 is 6.45. The van der Waals surface area contributed by atoms with Gasteiger partial charge < -0.3 is 20.3 Å². The quantitative estimate of drug-likeness (QED) is 0.681. The van der Waals surface area contributed by atoms with E-state index in [1.807, 2.05) is 18.2 Å². The molecule has 0 saturated heterocycles. The van der Waals surface area contributed by atoms with Crippen molar-refractivity contribution in [3.05, 3.63) is 28.2 Å². The lowest BCUT2D eigenvalue weighted by atomic mass is 10.2. The molecule has 0 amide bonds. The summed E-state index contributed by atoms with van der Waals surface area (Å²) in [4.78, 5) is 0. The summed E-state index contributed by atoms with van der Waals surface area (Å²) in [7, 11) is 0. The minimum absolute atomic E-state index is 0.0942. The van der Waals surface area contributed by atoms with Crippen LogP contribution in [0.15, 0.2) is 22.7 Å². The fourth-order valence-corrected chi connectivity index (χ4v) is 1.90. The molecule has 0 radical (unpaired) electrons. The number of aliphatic hydroxyl groups is 2. The van der Waals surface area contributed by atoms with Crippen LogP contribution in [0.3, 0.4) is 0 Å². The fourth-order valence-electron chi connectivity index (χ4n) is 1.52. The van der Waals surface area contributed by atoms with Gasteiger partial charge in [-0.25, -0.2) is 0 Å². The molecule has 1 aromatic rings. The molecule has 1 atom stereocenters. The van der Waals surface area contributed by atoms with E-state index in [1.165, 1.54) is 0 Å². The van der Waals surface area contributed by atoms with Gasteiger partial charge in [0.05, 0.1) is 6.61 Å². The third-order valence-corrected chi connectivity index (χ3v) is 3.31. The topological polar surface area (TPSA) is 61.7 Å². The summed E-state index contributed by atoms with van der Waals surface area (Å²) in [6, 6.07) is 5.69. The lowest BCUT2D eigenvalue weighted by Crippen LogP contribution is -2.21. The summed E-state index contributed by atoms with van der Waals surface area (Å²) in [6.45, 7) is 5.85. The minimum atomic E-state index is -0.842. The van der Waals surface area contributed by atoms with Crippen LogP contribution in [0.1, 0.15) is 19.4 Å². The van der Waals surface area contributed by atoms with Crippen LogP contribution in [0.4, 0.5) is 0 Å². The van der Waals surface area contributed by atoms with Crippen LogP contribution in [0.25, 0.3) is 0 Å². The second-order valence-corrected chi connectivity index (χ2v) is 5.78. The summed E-state index contributed by atoms with van der Waals surface area (Å²) in [5.74, 6) is 1.30. The van der Waals surface area contributed by atoms with Crippen molar-refractivity contribution in [1.82, 2.24) is 5.32 Å². The molecule has 0 spiro atoms. The van der Waals surface area contributed by atoms with E-state index in [-0.39, 0.29) is 13.2 Å².